The molecule has 0 spiro atoms. The number of benzene rings is 2. The molecule has 0 amide bonds. The van der Waals surface area contributed by atoms with Gasteiger partial charge in [-0.3, -0.25) is 4.90 Å². The van der Waals surface area contributed by atoms with E-state index >= 15 is 0 Å². The van der Waals surface area contributed by atoms with Gasteiger partial charge in [-0.15, -0.1) is 0 Å². The summed E-state index contributed by atoms with van der Waals surface area (Å²) in [5.41, 5.74) is 8.46. The van der Waals surface area contributed by atoms with Crippen molar-refractivity contribution in [2.75, 3.05) is 18.6 Å². The lowest BCUT2D eigenvalue weighted by Gasteiger charge is -2.26. The molecule has 160 valence electrons. The van der Waals surface area contributed by atoms with E-state index in [0.717, 1.165) is 17.3 Å². The minimum Gasteiger partial charge on any atom is -0.497 e. The Balaban J connectivity index is 2.30. The van der Waals surface area contributed by atoms with Gasteiger partial charge in [0.25, 0.3) is 0 Å². The molecule has 2 N–H and O–H groups in total. The summed E-state index contributed by atoms with van der Waals surface area (Å²) in [4.78, 5) is 14.1. The number of carbonyl (C=O) groups excluding carboxylic acids is 1. The SMILES string of the molecule is CCOC(=O)/C(C#N)=C1/SC=C(c2ccccc2)C(C#N)=C(N)N1c1ccc(OC)cc1. The predicted molar refractivity (Wildman–Crippen MR) is 124 cm³/mol. The average molecular weight is 445 g/mol. The Bertz CT molecular complexity index is 1190. The molecule has 0 atom stereocenters. The van der Waals surface area contributed by atoms with Crippen molar-refractivity contribution in [1.29, 1.82) is 10.5 Å². The van der Waals surface area contributed by atoms with Crippen molar-refractivity contribution in [1.82, 2.24) is 0 Å². The van der Waals surface area contributed by atoms with Crippen LogP contribution < -0.4 is 15.4 Å². The van der Waals surface area contributed by atoms with E-state index in [1.165, 1.54) is 4.90 Å². The van der Waals surface area contributed by atoms with Crippen LogP contribution in [0.4, 0.5) is 5.69 Å². The summed E-state index contributed by atoms with van der Waals surface area (Å²) in [6.07, 6.45) is 0. The van der Waals surface area contributed by atoms with Crippen LogP contribution in [0.3, 0.4) is 0 Å². The van der Waals surface area contributed by atoms with Crippen LogP contribution in [0, 0.1) is 22.7 Å². The third kappa shape index (κ3) is 4.46. The zero-order chi connectivity index (χ0) is 23.1. The molecule has 0 saturated heterocycles. The normalized spacial score (nSPS) is 15.1. The van der Waals surface area contributed by atoms with E-state index in [-0.39, 0.29) is 28.6 Å². The number of allylic oxidation sites excluding steroid dienone is 2. The number of nitriles is 2. The second kappa shape index (κ2) is 10.3. The molecule has 0 aromatic heterocycles. The number of carbonyl (C=O) groups is 1. The molecule has 0 aliphatic carbocycles. The summed E-state index contributed by atoms with van der Waals surface area (Å²) in [6, 6.07) is 20.3. The summed E-state index contributed by atoms with van der Waals surface area (Å²) < 4.78 is 10.3. The molecule has 32 heavy (non-hydrogen) atoms. The van der Waals surface area contributed by atoms with E-state index in [1.807, 2.05) is 36.4 Å². The molecular weight excluding hydrogens is 424 g/mol. The van der Waals surface area contributed by atoms with Gasteiger partial charge < -0.3 is 15.2 Å². The average Bonchev–Trinajstić information content (AvgIpc) is 2.96. The van der Waals surface area contributed by atoms with Crippen molar-refractivity contribution < 1.29 is 14.3 Å². The minimum atomic E-state index is -0.765. The van der Waals surface area contributed by atoms with Gasteiger partial charge in [-0.1, -0.05) is 42.1 Å². The van der Waals surface area contributed by atoms with E-state index < -0.39 is 5.97 Å². The molecule has 3 rings (SSSR count). The zero-order valence-corrected chi connectivity index (χ0v) is 18.3. The number of rotatable bonds is 5. The minimum absolute atomic E-state index is 0.0878. The van der Waals surface area contributed by atoms with Gasteiger partial charge in [0.05, 0.1) is 13.7 Å². The van der Waals surface area contributed by atoms with E-state index in [0.29, 0.717) is 17.0 Å². The molecular formula is C24H20N4O3S. The fraction of sp³-hybridized carbons (Fsp3) is 0.125. The number of thioether (sulfide) groups is 1. The van der Waals surface area contributed by atoms with E-state index in [1.54, 1.807) is 43.7 Å². The summed E-state index contributed by atoms with van der Waals surface area (Å²) >= 11 is 1.13. The molecule has 1 aliphatic heterocycles. The molecule has 1 heterocycles. The highest BCUT2D eigenvalue weighted by molar-refractivity contribution is 8.06. The fourth-order valence-electron chi connectivity index (χ4n) is 3.08. The lowest BCUT2D eigenvalue weighted by molar-refractivity contribution is -0.138. The lowest BCUT2D eigenvalue weighted by atomic mass is 10.00. The molecule has 0 radical (unpaired) electrons. The first-order valence-electron chi connectivity index (χ1n) is 9.63. The van der Waals surface area contributed by atoms with Gasteiger partial charge in [0.1, 0.15) is 34.3 Å². The van der Waals surface area contributed by atoms with Crippen LogP contribution >= 0.6 is 11.8 Å². The largest absolute Gasteiger partial charge is 0.497 e. The van der Waals surface area contributed by atoms with Gasteiger partial charge in [0, 0.05) is 11.3 Å². The zero-order valence-electron chi connectivity index (χ0n) is 17.5. The van der Waals surface area contributed by atoms with Crippen molar-refractivity contribution in [3.05, 3.63) is 87.6 Å². The van der Waals surface area contributed by atoms with Gasteiger partial charge in [0.2, 0.25) is 0 Å². The van der Waals surface area contributed by atoms with E-state index in [4.69, 9.17) is 15.2 Å². The molecule has 2 aromatic carbocycles. The van der Waals surface area contributed by atoms with Crippen LogP contribution in [0.25, 0.3) is 5.57 Å². The quantitative estimate of drug-likeness (QED) is 0.413. The highest BCUT2D eigenvalue weighted by Crippen LogP contribution is 2.41. The highest BCUT2D eigenvalue weighted by atomic mass is 32.2. The lowest BCUT2D eigenvalue weighted by Crippen LogP contribution is -2.29. The number of ether oxygens (including phenoxy) is 2. The van der Waals surface area contributed by atoms with Crippen LogP contribution in [0.1, 0.15) is 12.5 Å². The van der Waals surface area contributed by atoms with Gasteiger partial charge in [-0.05, 0) is 42.2 Å². The Morgan fingerprint density at radius 1 is 1.12 bits per heavy atom. The van der Waals surface area contributed by atoms with Crippen molar-refractivity contribution >= 4 is 29.0 Å². The third-order valence-corrected chi connectivity index (χ3v) is 5.55. The van der Waals surface area contributed by atoms with Crippen molar-refractivity contribution in [2.24, 2.45) is 5.73 Å². The maximum absolute atomic E-state index is 12.6. The molecule has 0 fully saturated rings. The topological polar surface area (TPSA) is 112 Å². The van der Waals surface area contributed by atoms with Gasteiger partial charge in [-0.25, -0.2) is 4.79 Å². The molecule has 0 bridgehead atoms. The molecule has 7 nitrogen and oxygen atoms in total. The third-order valence-electron chi connectivity index (χ3n) is 4.59. The Morgan fingerprint density at radius 2 is 1.81 bits per heavy atom. The van der Waals surface area contributed by atoms with Crippen LogP contribution in [0.2, 0.25) is 0 Å². The Hall–Kier alpha value is -4.14. The maximum atomic E-state index is 12.6. The second-order valence-corrected chi connectivity index (χ2v) is 7.29. The number of anilines is 1. The predicted octanol–water partition coefficient (Wildman–Crippen LogP) is 4.28. The van der Waals surface area contributed by atoms with Crippen LogP contribution in [-0.4, -0.2) is 19.7 Å². The van der Waals surface area contributed by atoms with Gasteiger partial charge in [0.15, 0.2) is 5.57 Å². The molecule has 0 saturated carbocycles. The highest BCUT2D eigenvalue weighted by Gasteiger charge is 2.30. The maximum Gasteiger partial charge on any atom is 0.351 e. The number of hydrogen-bond acceptors (Lipinski definition) is 8. The fourth-order valence-corrected chi connectivity index (χ4v) is 4.11. The number of esters is 1. The summed E-state index contributed by atoms with van der Waals surface area (Å²) in [5, 5.41) is 21.7. The van der Waals surface area contributed by atoms with Crippen molar-refractivity contribution in [2.45, 2.75) is 6.92 Å². The molecule has 8 heteroatoms. The van der Waals surface area contributed by atoms with Crippen molar-refractivity contribution in [3.8, 4) is 17.9 Å². The Kier molecular flexibility index (Phi) is 7.22. The van der Waals surface area contributed by atoms with E-state index in [9.17, 15) is 15.3 Å². The standard InChI is InChI=1S/C24H20N4O3S/c1-3-31-24(29)20(14-26)23-28(17-9-11-18(30-2)12-10-17)22(27)19(13-25)21(15-32-23)16-7-5-4-6-8-16/h4-12,15H,3,27H2,1-2H3/b23-20+. The summed E-state index contributed by atoms with van der Waals surface area (Å²) in [5.74, 6) is -0.0532. The second-order valence-electron chi connectivity index (χ2n) is 6.43. The van der Waals surface area contributed by atoms with Crippen LogP contribution in [0.5, 0.6) is 5.75 Å². The first-order chi connectivity index (χ1) is 15.5. The Labute approximate surface area is 190 Å². The number of nitrogens with zero attached hydrogens (tertiary/aromatic N) is 3. The van der Waals surface area contributed by atoms with Crippen LogP contribution in [0.15, 0.2) is 82.0 Å². The Morgan fingerprint density at radius 3 is 2.38 bits per heavy atom. The number of hydrogen-bond donors (Lipinski definition) is 1. The smallest absolute Gasteiger partial charge is 0.351 e. The molecule has 2 aromatic rings. The van der Waals surface area contributed by atoms with Crippen molar-refractivity contribution in [3.63, 3.8) is 0 Å². The summed E-state index contributed by atoms with van der Waals surface area (Å²) in [6.45, 7) is 1.78. The molecule has 0 unspecified atom stereocenters. The monoisotopic (exact) mass is 444 g/mol. The first-order valence-corrected chi connectivity index (χ1v) is 10.5. The van der Waals surface area contributed by atoms with Gasteiger partial charge >= 0.3 is 5.97 Å². The number of methoxy groups -OCH3 is 1. The van der Waals surface area contributed by atoms with Gasteiger partial charge in [-0.2, -0.15) is 10.5 Å². The van der Waals surface area contributed by atoms with E-state index in [2.05, 4.69) is 6.07 Å². The summed E-state index contributed by atoms with van der Waals surface area (Å²) in [7, 11) is 1.55. The van der Waals surface area contributed by atoms with Crippen LogP contribution in [-0.2, 0) is 9.53 Å². The first kappa shape index (κ1) is 22.5. The number of nitrogens with two attached hydrogens (primary N) is 1. The molecule has 1 aliphatic rings.